The summed E-state index contributed by atoms with van der Waals surface area (Å²) in [6.45, 7) is 4.50. The second-order valence-electron chi connectivity index (χ2n) is 14.7. The van der Waals surface area contributed by atoms with Crippen LogP contribution >= 0.6 is 22.6 Å². The summed E-state index contributed by atoms with van der Waals surface area (Å²) >= 11 is 2.20. The summed E-state index contributed by atoms with van der Waals surface area (Å²) in [5.74, 6) is -1.65. The number of pyridine rings is 1. The average Bonchev–Trinajstić information content (AvgIpc) is 3.49. The molecule has 15 heteroatoms. The van der Waals surface area contributed by atoms with Crippen molar-refractivity contribution in [2.75, 3.05) is 6.61 Å². The molecule has 59 heavy (non-hydrogen) atoms. The van der Waals surface area contributed by atoms with E-state index in [9.17, 15) is 24.6 Å². The van der Waals surface area contributed by atoms with Crippen LogP contribution in [0.3, 0.4) is 0 Å². The molecule has 9 rings (SSSR count). The molecule has 2 N–H and O–H groups in total. The molecule has 0 saturated carbocycles. The van der Waals surface area contributed by atoms with Crippen LogP contribution in [-0.2, 0) is 55.0 Å². The Balaban J connectivity index is 1.14. The first-order chi connectivity index (χ1) is 28.4. The second kappa shape index (κ2) is 15.4. The number of benzene rings is 4. The van der Waals surface area contributed by atoms with Crippen molar-refractivity contribution in [3.05, 3.63) is 110 Å². The van der Waals surface area contributed by atoms with E-state index in [1.807, 2.05) is 37.3 Å². The summed E-state index contributed by atoms with van der Waals surface area (Å²) in [5, 5.41) is 23.0. The van der Waals surface area contributed by atoms with Crippen LogP contribution in [-0.4, -0.2) is 76.7 Å². The van der Waals surface area contributed by atoms with Crippen molar-refractivity contribution < 1.29 is 62.5 Å². The van der Waals surface area contributed by atoms with Crippen molar-refractivity contribution >= 4 is 51.4 Å². The lowest BCUT2D eigenvalue weighted by Crippen LogP contribution is -2.65. The summed E-state index contributed by atoms with van der Waals surface area (Å²) in [7, 11) is 0. The van der Waals surface area contributed by atoms with E-state index in [4.69, 9.17) is 42.9 Å². The number of nitrogens with zero attached hydrogens (tertiary/aromatic N) is 1. The first kappa shape index (κ1) is 39.1. The zero-order valence-corrected chi connectivity index (χ0v) is 34.2. The van der Waals surface area contributed by atoms with Gasteiger partial charge in [0.1, 0.15) is 35.2 Å². The molecule has 14 nitrogen and oxygen atoms in total. The third kappa shape index (κ3) is 6.83. The smallest absolute Gasteiger partial charge is 0.340 e. The zero-order valence-electron chi connectivity index (χ0n) is 32.0. The van der Waals surface area contributed by atoms with Crippen molar-refractivity contribution in [2.45, 2.75) is 82.8 Å². The Morgan fingerprint density at radius 2 is 1.69 bits per heavy atom. The maximum atomic E-state index is 13.5. The molecule has 4 aliphatic heterocycles. The fourth-order valence-electron chi connectivity index (χ4n) is 8.41. The van der Waals surface area contributed by atoms with E-state index < -0.39 is 60.5 Å². The third-order valence-electron chi connectivity index (χ3n) is 10.8. The van der Waals surface area contributed by atoms with E-state index in [1.165, 1.54) is 32.0 Å². The Kier molecular flexibility index (Phi) is 10.2. The summed E-state index contributed by atoms with van der Waals surface area (Å²) in [5.41, 5.74) is 2.05. The van der Waals surface area contributed by atoms with Crippen LogP contribution in [0.25, 0.3) is 22.2 Å². The quantitative estimate of drug-likeness (QED) is 0.0913. The lowest BCUT2D eigenvalue weighted by molar-refractivity contribution is -0.362. The van der Waals surface area contributed by atoms with Gasteiger partial charge < -0.3 is 48.1 Å². The average molecular weight is 916 g/mol. The molecule has 304 valence electrons. The Bertz CT molecular complexity index is 2530. The van der Waals surface area contributed by atoms with E-state index in [0.717, 1.165) is 15.4 Å². The highest BCUT2D eigenvalue weighted by molar-refractivity contribution is 14.1. The van der Waals surface area contributed by atoms with Gasteiger partial charge in [0, 0.05) is 45.6 Å². The number of hydrogen-bond donors (Lipinski definition) is 2. The van der Waals surface area contributed by atoms with Crippen molar-refractivity contribution in [1.82, 2.24) is 4.98 Å². The van der Waals surface area contributed by atoms with Crippen LogP contribution in [0.5, 0.6) is 23.0 Å². The number of hydrogen-bond acceptors (Lipinski definition) is 14. The molecule has 4 aliphatic rings. The van der Waals surface area contributed by atoms with Crippen LogP contribution in [0.1, 0.15) is 66.2 Å². The molecular formula is C44H38INO13. The van der Waals surface area contributed by atoms with Gasteiger partial charge in [0.2, 0.25) is 0 Å². The lowest BCUT2D eigenvalue weighted by Gasteiger charge is -2.48. The normalized spacial score (nSPS) is 25.3. The highest BCUT2D eigenvalue weighted by Crippen LogP contribution is 2.59. The molecule has 1 aromatic heterocycles. The minimum Gasteiger partial charge on any atom is -0.508 e. The van der Waals surface area contributed by atoms with E-state index >= 15 is 0 Å². The number of carbonyl (C=O) groups is 3. The molecule has 0 radical (unpaired) electrons. The molecule has 7 atom stereocenters. The Hall–Kier alpha value is -5.33. The number of phenols is 2. The van der Waals surface area contributed by atoms with Gasteiger partial charge in [-0.15, -0.1) is 0 Å². The van der Waals surface area contributed by atoms with Crippen molar-refractivity contribution in [2.24, 2.45) is 0 Å². The molecular weight excluding hydrogens is 877 g/mol. The molecule has 5 heterocycles. The van der Waals surface area contributed by atoms with E-state index in [2.05, 4.69) is 22.6 Å². The Labute approximate surface area is 351 Å². The lowest BCUT2D eigenvalue weighted by atomic mass is 9.76. The number of phenolic OH excluding ortho intramolecular Hbond substituents is 2. The van der Waals surface area contributed by atoms with E-state index in [0.29, 0.717) is 39.8 Å². The van der Waals surface area contributed by atoms with E-state index in [1.54, 1.807) is 30.3 Å². The Morgan fingerprint density at radius 3 is 2.49 bits per heavy atom. The van der Waals surface area contributed by atoms with Gasteiger partial charge in [-0.1, -0.05) is 31.5 Å². The molecule has 2 saturated heterocycles. The predicted molar refractivity (Wildman–Crippen MR) is 216 cm³/mol. The van der Waals surface area contributed by atoms with Gasteiger partial charge in [0.15, 0.2) is 30.4 Å². The van der Waals surface area contributed by atoms with Crippen LogP contribution in [0.4, 0.5) is 0 Å². The molecule has 1 spiro atoms. The molecule has 0 bridgehead atoms. The van der Waals surface area contributed by atoms with Crippen LogP contribution < -0.4 is 4.74 Å². The molecule has 4 aromatic carbocycles. The number of aromatic nitrogens is 1. The molecule has 2 fully saturated rings. The van der Waals surface area contributed by atoms with Crippen molar-refractivity contribution in [3.8, 4) is 34.3 Å². The summed E-state index contributed by atoms with van der Waals surface area (Å²) in [6.07, 6.45) is -4.17. The van der Waals surface area contributed by atoms with Gasteiger partial charge >= 0.3 is 17.9 Å². The minimum atomic E-state index is -1.48. The molecule has 5 aromatic rings. The summed E-state index contributed by atoms with van der Waals surface area (Å²) < 4.78 is 50.2. The van der Waals surface area contributed by atoms with Gasteiger partial charge in [-0.25, -0.2) is 9.78 Å². The van der Waals surface area contributed by atoms with Gasteiger partial charge in [-0.2, -0.15) is 0 Å². The van der Waals surface area contributed by atoms with Gasteiger partial charge in [-0.3, -0.25) is 9.59 Å². The highest BCUT2D eigenvalue weighted by Gasteiger charge is 2.55. The number of carbonyl (C=O) groups excluding carboxylic acids is 3. The topological polar surface area (TPSA) is 178 Å². The number of halogens is 1. The van der Waals surface area contributed by atoms with Crippen molar-refractivity contribution in [3.63, 3.8) is 0 Å². The monoisotopic (exact) mass is 915 g/mol. The van der Waals surface area contributed by atoms with Gasteiger partial charge in [0.05, 0.1) is 35.6 Å². The number of aromatic hydroxyl groups is 2. The maximum absolute atomic E-state index is 13.5. The zero-order chi connectivity index (χ0) is 41.2. The van der Waals surface area contributed by atoms with Crippen LogP contribution in [0, 0.1) is 3.57 Å². The molecule has 2 unspecified atom stereocenters. The summed E-state index contributed by atoms with van der Waals surface area (Å²) in [6, 6.07) is 22.2. The predicted octanol–water partition coefficient (Wildman–Crippen LogP) is 7.13. The SMILES string of the molecule is CCCC1OC[C@H]2O[C@@H](OCc3cc(-c4c(O)ccc5c4Oc4cc(O)ccc4C54OC(=O)c5ccccc54)nc4ccc(I)cc34)[C@H](OC(C)=O)[C@@H](OC(C)=O)[C@@H]2O1. The van der Waals surface area contributed by atoms with Gasteiger partial charge in [-0.05, 0) is 89.2 Å². The maximum Gasteiger partial charge on any atom is 0.340 e. The van der Waals surface area contributed by atoms with Crippen LogP contribution in [0.2, 0.25) is 0 Å². The minimum absolute atomic E-state index is 0.0779. The first-order valence-electron chi connectivity index (χ1n) is 19.1. The fourth-order valence-corrected chi connectivity index (χ4v) is 8.90. The van der Waals surface area contributed by atoms with Crippen LogP contribution in [0.15, 0.2) is 78.9 Å². The largest absolute Gasteiger partial charge is 0.508 e. The Morgan fingerprint density at radius 1 is 0.915 bits per heavy atom. The van der Waals surface area contributed by atoms with Crippen molar-refractivity contribution in [1.29, 1.82) is 0 Å². The number of fused-ring (bicyclic) bond motifs is 8. The molecule has 0 amide bonds. The standard InChI is InChI=1S/C44H38INO13/c1-4-7-36-52-20-35-39(58-36)40(54-21(2)47)41(55-22(3)48)43(57-35)53-19-23-16-32(46-31-14-10-24(45)17-27(23)31)37-33(50)15-13-30-38(37)56-34-18-25(49)11-12-29(34)44(30)28-9-6-5-8-26(28)42(51)59-44/h5-6,8-18,35-36,39-41,43,49-50H,4,7,19-20H2,1-3H3/t35-,36?,39-,40+,41-,43-,44?/m1/s1. The van der Waals surface area contributed by atoms with Gasteiger partial charge in [0.25, 0.3) is 0 Å². The number of esters is 3. The third-order valence-corrected chi connectivity index (χ3v) is 11.5. The fraction of sp³-hybridized carbons (Fsp3) is 0.318. The summed E-state index contributed by atoms with van der Waals surface area (Å²) in [4.78, 5) is 43.4. The second-order valence-corrected chi connectivity index (χ2v) is 16.0. The highest BCUT2D eigenvalue weighted by atomic mass is 127. The number of rotatable bonds is 8. The first-order valence-corrected chi connectivity index (χ1v) is 20.2. The number of ether oxygens (including phenoxy) is 8. The molecule has 0 aliphatic carbocycles. The van der Waals surface area contributed by atoms with E-state index in [-0.39, 0.29) is 47.5 Å².